The van der Waals surface area contributed by atoms with Gasteiger partial charge in [0.15, 0.2) is 0 Å². The first-order chi connectivity index (χ1) is 7.36. The van der Waals surface area contributed by atoms with Crippen LogP contribution in [0.1, 0.15) is 31.2 Å². The van der Waals surface area contributed by atoms with Gasteiger partial charge in [-0.3, -0.25) is 0 Å². The minimum atomic E-state index is 0.604. The van der Waals surface area contributed by atoms with Gasteiger partial charge in [0.2, 0.25) is 0 Å². The van der Waals surface area contributed by atoms with Gasteiger partial charge in [-0.25, -0.2) is 0 Å². The Kier molecular flexibility index (Phi) is 3.57. The van der Waals surface area contributed by atoms with Crippen molar-refractivity contribution in [2.24, 2.45) is 0 Å². The number of rotatable bonds is 4. The molecule has 1 aliphatic carbocycles. The van der Waals surface area contributed by atoms with Crippen molar-refractivity contribution >= 4 is 0 Å². The summed E-state index contributed by atoms with van der Waals surface area (Å²) in [5.74, 6) is 0.604. The molecule has 1 aromatic rings. The Balaban J connectivity index is 1.79. The van der Waals surface area contributed by atoms with E-state index in [0.717, 1.165) is 6.54 Å². The van der Waals surface area contributed by atoms with E-state index in [0.29, 0.717) is 12.0 Å². The Morgan fingerprint density at radius 3 is 2.53 bits per heavy atom. The van der Waals surface area contributed by atoms with E-state index in [-0.39, 0.29) is 0 Å². The van der Waals surface area contributed by atoms with Crippen molar-refractivity contribution in [1.29, 1.82) is 0 Å². The first-order valence-corrected chi connectivity index (χ1v) is 5.79. The van der Waals surface area contributed by atoms with E-state index in [9.17, 15) is 0 Å². The fourth-order valence-electron chi connectivity index (χ4n) is 2.03. The molecule has 0 aromatic heterocycles. The molecule has 0 radical (unpaired) electrons. The van der Waals surface area contributed by atoms with Crippen LogP contribution in [-0.2, 0) is 0 Å². The second-order valence-electron chi connectivity index (χ2n) is 4.36. The molecule has 1 nitrogen and oxygen atoms in total. The predicted octanol–water partition coefficient (Wildman–Crippen LogP) is 3.10. The zero-order chi connectivity index (χ0) is 10.5. The van der Waals surface area contributed by atoms with Gasteiger partial charge in [0.25, 0.3) is 0 Å². The van der Waals surface area contributed by atoms with E-state index in [2.05, 4.69) is 54.7 Å². The molecular formula is C14H19N. The highest BCUT2D eigenvalue weighted by molar-refractivity contribution is 5.19. The molecule has 1 unspecified atom stereocenters. The molecule has 0 bridgehead atoms. The maximum absolute atomic E-state index is 3.62. The first-order valence-electron chi connectivity index (χ1n) is 5.79. The third-order valence-corrected chi connectivity index (χ3v) is 3.09. The van der Waals surface area contributed by atoms with Gasteiger partial charge in [-0.05, 0) is 24.3 Å². The van der Waals surface area contributed by atoms with Crippen LogP contribution in [0, 0.1) is 0 Å². The number of benzene rings is 1. The molecule has 1 N–H and O–H groups in total. The number of hydrogen-bond donors (Lipinski definition) is 1. The van der Waals surface area contributed by atoms with E-state index in [1.807, 2.05) is 0 Å². The molecule has 0 heterocycles. The lowest BCUT2D eigenvalue weighted by atomic mass is 10.0. The lowest BCUT2D eigenvalue weighted by Gasteiger charge is -2.17. The third kappa shape index (κ3) is 2.93. The molecule has 0 aliphatic heterocycles. The Morgan fingerprint density at radius 1 is 1.20 bits per heavy atom. The lowest BCUT2D eigenvalue weighted by molar-refractivity contribution is 0.511. The fraction of sp³-hybridized carbons (Fsp3) is 0.429. The summed E-state index contributed by atoms with van der Waals surface area (Å²) in [7, 11) is 0. The minimum Gasteiger partial charge on any atom is -0.313 e. The second-order valence-corrected chi connectivity index (χ2v) is 4.36. The third-order valence-electron chi connectivity index (χ3n) is 3.09. The highest BCUT2D eigenvalue weighted by Gasteiger charge is 2.11. The molecule has 1 heteroatoms. The van der Waals surface area contributed by atoms with Crippen LogP contribution >= 0.6 is 0 Å². The van der Waals surface area contributed by atoms with Crippen molar-refractivity contribution < 1.29 is 0 Å². The molecule has 1 atom stereocenters. The van der Waals surface area contributed by atoms with Gasteiger partial charge < -0.3 is 5.32 Å². The summed E-state index contributed by atoms with van der Waals surface area (Å²) in [5, 5.41) is 3.62. The van der Waals surface area contributed by atoms with Gasteiger partial charge in [0, 0.05) is 12.6 Å². The van der Waals surface area contributed by atoms with Crippen molar-refractivity contribution in [3.05, 3.63) is 48.0 Å². The number of nitrogens with one attached hydrogen (secondary N) is 1. The molecule has 0 amide bonds. The fourth-order valence-corrected chi connectivity index (χ4v) is 2.03. The van der Waals surface area contributed by atoms with E-state index in [1.54, 1.807) is 0 Å². The van der Waals surface area contributed by atoms with E-state index < -0.39 is 0 Å². The molecule has 80 valence electrons. The molecule has 0 saturated carbocycles. The normalized spacial score (nSPS) is 18.2. The van der Waals surface area contributed by atoms with Crippen molar-refractivity contribution in [1.82, 2.24) is 5.32 Å². The average molecular weight is 201 g/mol. The molecule has 2 rings (SSSR count). The second kappa shape index (κ2) is 5.13. The van der Waals surface area contributed by atoms with Crippen molar-refractivity contribution in [3.63, 3.8) is 0 Å². The van der Waals surface area contributed by atoms with Crippen LogP contribution in [0.2, 0.25) is 0 Å². The largest absolute Gasteiger partial charge is 0.313 e. The topological polar surface area (TPSA) is 12.0 Å². The van der Waals surface area contributed by atoms with Gasteiger partial charge in [0.05, 0.1) is 0 Å². The average Bonchev–Trinajstić information content (AvgIpc) is 2.80. The van der Waals surface area contributed by atoms with E-state index in [4.69, 9.17) is 0 Å². The quantitative estimate of drug-likeness (QED) is 0.738. The Hall–Kier alpha value is -1.08. The lowest BCUT2D eigenvalue weighted by Crippen LogP contribution is -2.29. The van der Waals surface area contributed by atoms with Crippen LogP contribution in [0.4, 0.5) is 0 Å². The van der Waals surface area contributed by atoms with Crippen LogP contribution < -0.4 is 5.32 Å². The molecule has 1 aromatic carbocycles. The number of hydrogen-bond acceptors (Lipinski definition) is 1. The maximum atomic E-state index is 3.62. The SMILES string of the molecule is CC(CNC1CC=CC1)c1ccccc1. The minimum absolute atomic E-state index is 0.604. The van der Waals surface area contributed by atoms with Crippen molar-refractivity contribution in [2.75, 3.05) is 6.54 Å². The zero-order valence-electron chi connectivity index (χ0n) is 9.32. The highest BCUT2D eigenvalue weighted by atomic mass is 14.9. The summed E-state index contributed by atoms with van der Waals surface area (Å²) in [5.41, 5.74) is 1.43. The van der Waals surface area contributed by atoms with Crippen molar-refractivity contribution in [3.8, 4) is 0 Å². The molecule has 0 saturated heterocycles. The Labute approximate surface area is 92.2 Å². The first kappa shape index (κ1) is 10.4. The summed E-state index contributed by atoms with van der Waals surface area (Å²) < 4.78 is 0. The summed E-state index contributed by atoms with van der Waals surface area (Å²) in [6.45, 7) is 3.36. The molecule has 0 spiro atoms. The molecule has 0 fully saturated rings. The summed E-state index contributed by atoms with van der Waals surface area (Å²) in [6.07, 6.45) is 6.93. The standard InChI is InChI=1S/C14H19N/c1-12(13-7-3-2-4-8-13)11-15-14-9-5-6-10-14/h2-8,12,14-15H,9-11H2,1H3. The summed E-state index contributed by atoms with van der Waals surface area (Å²) in [6, 6.07) is 11.4. The Morgan fingerprint density at radius 2 is 1.87 bits per heavy atom. The van der Waals surface area contributed by atoms with Gasteiger partial charge in [-0.15, -0.1) is 0 Å². The Bertz CT molecular complexity index is 307. The van der Waals surface area contributed by atoms with E-state index >= 15 is 0 Å². The van der Waals surface area contributed by atoms with Gasteiger partial charge in [-0.1, -0.05) is 49.4 Å². The van der Waals surface area contributed by atoms with E-state index in [1.165, 1.54) is 18.4 Å². The van der Waals surface area contributed by atoms with Crippen LogP contribution in [0.3, 0.4) is 0 Å². The molecule has 15 heavy (non-hydrogen) atoms. The summed E-state index contributed by atoms with van der Waals surface area (Å²) >= 11 is 0. The van der Waals surface area contributed by atoms with Crippen molar-refractivity contribution in [2.45, 2.75) is 31.7 Å². The van der Waals surface area contributed by atoms with Crippen LogP contribution in [0.25, 0.3) is 0 Å². The smallest absolute Gasteiger partial charge is 0.0136 e. The van der Waals surface area contributed by atoms with Crippen LogP contribution in [0.15, 0.2) is 42.5 Å². The zero-order valence-corrected chi connectivity index (χ0v) is 9.32. The van der Waals surface area contributed by atoms with Gasteiger partial charge >= 0.3 is 0 Å². The maximum Gasteiger partial charge on any atom is 0.0136 e. The molecule has 1 aliphatic rings. The molecular weight excluding hydrogens is 182 g/mol. The highest BCUT2D eigenvalue weighted by Crippen LogP contribution is 2.15. The summed E-state index contributed by atoms with van der Waals surface area (Å²) in [4.78, 5) is 0. The van der Waals surface area contributed by atoms with Crippen LogP contribution in [0.5, 0.6) is 0 Å². The monoisotopic (exact) mass is 201 g/mol. The van der Waals surface area contributed by atoms with Crippen LogP contribution in [-0.4, -0.2) is 12.6 Å². The predicted molar refractivity (Wildman–Crippen MR) is 65.0 cm³/mol. The van der Waals surface area contributed by atoms with Gasteiger partial charge in [0.1, 0.15) is 0 Å². The van der Waals surface area contributed by atoms with Gasteiger partial charge in [-0.2, -0.15) is 0 Å².